The van der Waals surface area contributed by atoms with Crippen LogP contribution in [-0.2, 0) is 0 Å². The lowest BCUT2D eigenvalue weighted by atomic mass is 10.0. The number of hydrogen-bond donors (Lipinski definition) is 2. The van der Waals surface area contributed by atoms with Crippen LogP contribution < -0.4 is 0 Å². The molecule has 0 radical (unpaired) electrons. The number of hydrogen-bond acceptors (Lipinski definition) is 3. The van der Waals surface area contributed by atoms with Crippen molar-refractivity contribution in [3.05, 3.63) is 29.6 Å². The molecule has 5 nitrogen and oxygen atoms in total. The van der Waals surface area contributed by atoms with Gasteiger partial charge in [-0.05, 0) is 37.5 Å². The number of benzene rings is 1. The van der Waals surface area contributed by atoms with E-state index in [1.165, 1.54) is 0 Å². The van der Waals surface area contributed by atoms with Crippen LogP contribution in [0.1, 0.15) is 42.5 Å². The normalized spacial score (nSPS) is 13.1. The summed E-state index contributed by atoms with van der Waals surface area (Å²) >= 11 is 0. The van der Waals surface area contributed by atoms with Gasteiger partial charge in [-0.3, -0.25) is 0 Å². The maximum Gasteiger partial charge on any atom is 0.335 e. The number of carboxylic acids is 1. The summed E-state index contributed by atoms with van der Waals surface area (Å²) in [5.74, 6) is 0.252. The molecule has 0 amide bonds. The Balaban J connectivity index is 2.58. The van der Waals surface area contributed by atoms with Gasteiger partial charge in [0.15, 0.2) is 0 Å². The molecular formula is C15H20N2O3. The van der Waals surface area contributed by atoms with Crippen LogP contribution in [0.15, 0.2) is 18.2 Å². The van der Waals surface area contributed by atoms with Crippen LogP contribution in [0.25, 0.3) is 11.0 Å². The summed E-state index contributed by atoms with van der Waals surface area (Å²) < 4.78 is 2.10. The molecule has 0 aliphatic rings. The fraction of sp³-hybridized carbons (Fsp3) is 0.467. The van der Waals surface area contributed by atoms with E-state index in [4.69, 9.17) is 5.11 Å². The summed E-state index contributed by atoms with van der Waals surface area (Å²) in [5, 5.41) is 18.3. The summed E-state index contributed by atoms with van der Waals surface area (Å²) in [6, 6.07) is 5.14. The summed E-state index contributed by atoms with van der Waals surface area (Å²) in [6.07, 6.45) is 0.657. The van der Waals surface area contributed by atoms with E-state index in [2.05, 4.69) is 23.4 Å². The third-order valence-corrected chi connectivity index (χ3v) is 3.64. The molecule has 2 aromatic rings. The molecular weight excluding hydrogens is 256 g/mol. The molecule has 0 saturated heterocycles. The number of carboxylic acid groups (broad SMARTS) is 1. The SMILES string of the molecule is Cc1nc2cc(C(=O)O)ccc2n1C(CCO)C(C)C. The van der Waals surface area contributed by atoms with Gasteiger partial charge < -0.3 is 14.8 Å². The molecule has 108 valence electrons. The molecule has 1 heterocycles. The van der Waals surface area contributed by atoms with Crippen molar-refractivity contribution < 1.29 is 15.0 Å². The Morgan fingerprint density at radius 1 is 1.40 bits per heavy atom. The number of aromatic carboxylic acids is 1. The van der Waals surface area contributed by atoms with Crippen LogP contribution in [0, 0.1) is 12.8 Å². The number of imidazole rings is 1. The van der Waals surface area contributed by atoms with Gasteiger partial charge in [0.1, 0.15) is 5.82 Å². The van der Waals surface area contributed by atoms with Crippen LogP contribution >= 0.6 is 0 Å². The van der Waals surface area contributed by atoms with Crippen LogP contribution in [0.5, 0.6) is 0 Å². The molecule has 5 heteroatoms. The molecule has 0 spiro atoms. The molecule has 0 aliphatic heterocycles. The largest absolute Gasteiger partial charge is 0.478 e. The van der Waals surface area contributed by atoms with E-state index < -0.39 is 5.97 Å². The minimum absolute atomic E-state index is 0.120. The van der Waals surface area contributed by atoms with Crippen molar-refractivity contribution in [2.75, 3.05) is 6.61 Å². The Labute approximate surface area is 117 Å². The zero-order valence-corrected chi connectivity index (χ0v) is 12.0. The topological polar surface area (TPSA) is 75.3 Å². The summed E-state index contributed by atoms with van der Waals surface area (Å²) in [5.41, 5.74) is 1.84. The third kappa shape index (κ3) is 2.54. The van der Waals surface area contributed by atoms with Crippen molar-refractivity contribution in [2.45, 2.75) is 33.2 Å². The fourth-order valence-electron chi connectivity index (χ4n) is 2.66. The van der Waals surface area contributed by atoms with Gasteiger partial charge in [0.05, 0.1) is 16.6 Å². The van der Waals surface area contributed by atoms with Crippen molar-refractivity contribution in [3.8, 4) is 0 Å². The molecule has 0 aliphatic carbocycles. The first kappa shape index (κ1) is 14.5. The first-order valence-electron chi connectivity index (χ1n) is 6.78. The number of fused-ring (bicyclic) bond motifs is 1. The Morgan fingerprint density at radius 3 is 2.65 bits per heavy atom. The first-order chi connectivity index (χ1) is 9.45. The highest BCUT2D eigenvalue weighted by Gasteiger charge is 2.20. The maximum absolute atomic E-state index is 11.0. The number of nitrogens with zero attached hydrogens (tertiary/aromatic N) is 2. The molecule has 1 aromatic heterocycles. The molecule has 2 N–H and O–H groups in total. The molecule has 0 saturated carbocycles. The van der Waals surface area contributed by atoms with Gasteiger partial charge in [0, 0.05) is 12.6 Å². The quantitative estimate of drug-likeness (QED) is 0.880. The average molecular weight is 276 g/mol. The number of rotatable bonds is 5. The molecule has 1 unspecified atom stereocenters. The molecule has 0 bridgehead atoms. The van der Waals surface area contributed by atoms with Crippen LogP contribution in [0.3, 0.4) is 0 Å². The second kappa shape index (κ2) is 5.63. The molecule has 20 heavy (non-hydrogen) atoms. The van der Waals surface area contributed by atoms with Crippen molar-refractivity contribution in [1.29, 1.82) is 0 Å². The number of aryl methyl sites for hydroxylation is 1. The highest BCUT2D eigenvalue weighted by molar-refractivity contribution is 5.92. The highest BCUT2D eigenvalue weighted by Crippen LogP contribution is 2.28. The molecule has 1 atom stereocenters. The Morgan fingerprint density at radius 2 is 2.10 bits per heavy atom. The van der Waals surface area contributed by atoms with Gasteiger partial charge in [-0.2, -0.15) is 0 Å². The second-order valence-electron chi connectivity index (χ2n) is 5.36. The number of aromatic nitrogens is 2. The lowest BCUT2D eigenvalue weighted by molar-refractivity contribution is 0.0697. The number of aliphatic hydroxyl groups is 1. The average Bonchev–Trinajstić information content (AvgIpc) is 2.70. The van der Waals surface area contributed by atoms with E-state index >= 15 is 0 Å². The van der Waals surface area contributed by atoms with Gasteiger partial charge in [0.25, 0.3) is 0 Å². The second-order valence-corrected chi connectivity index (χ2v) is 5.36. The summed E-state index contributed by atoms with van der Waals surface area (Å²) in [4.78, 5) is 15.5. The smallest absolute Gasteiger partial charge is 0.335 e. The van der Waals surface area contributed by atoms with Crippen LogP contribution in [0.4, 0.5) is 0 Å². The lowest BCUT2D eigenvalue weighted by Crippen LogP contribution is -2.18. The predicted octanol–water partition coefficient (Wildman–Crippen LogP) is 2.62. The van der Waals surface area contributed by atoms with Gasteiger partial charge in [-0.25, -0.2) is 9.78 Å². The third-order valence-electron chi connectivity index (χ3n) is 3.64. The van der Waals surface area contributed by atoms with E-state index in [0.717, 1.165) is 11.3 Å². The van der Waals surface area contributed by atoms with Gasteiger partial charge >= 0.3 is 5.97 Å². The minimum atomic E-state index is -0.949. The van der Waals surface area contributed by atoms with E-state index in [0.29, 0.717) is 17.9 Å². The van der Waals surface area contributed by atoms with Gasteiger partial charge in [-0.15, -0.1) is 0 Å². The standard InChI is InChI=1S/C15H20N2O3/c1-9(2)13(6-7-18)17-10(3)16-12-8-11(15(19)20)4-5-14(12)17/h4-5,8-9,13,18H,6-7H2,1-3H3,(H,19,20). The maximum atomic E-state index is 11.0. The Hall–Kier alpha value is -1.88. The van der Waals surface area contributed by atoms with Crippen LogP contribution in [0.2, 0.25) is 0 Å². The van der Waals surface area contributed by atoms with E-state index in [-0.39, 0.29) is 18.2 Å². The van der Waals surface area contributed by atoms with Gasteiger partial charge in [-0.1, -0.05) is 13.8 Å². The number of carbonyl (C=O) groups is 1. The monoisotopic (exact) mass is 276 g/mol. The molecule has 1 aromatic carbocycles. The molecule has 0 fully saturated rings. The van der Waals surface area contributed by atoms with Gasteiger partial charge in [0.2, 0.25) is 0 Å². The van der Waals surface area contributed by atoms with Crippen molar-refractivity contribution in [1.82, 2.24) is 9.55 Å². The first-order valence-corrected chi connectivity index (χ1v) is 6.78. The fourth-order valence-corrected chi connectivity index (χ4v) is 2.66. The van der Waals surface area contributed by atoms with Crippen LogP contribution in [-0.4, -0.2) is 32.3 Å². The van der Waals surface area contributed by atoms with Crippen molar-refractivity contribution in [3.63, 3.8) is 0 Å². The lowest BCUT2D eigenvalue weighted by Gasteiger charge is -2.24. The number of aliphatic hydroxyl groups excluding tert-OH is 1. The zero-order chi connectivity index (χ0) is 14.9. The van der Waals surface area contributed by atoms with E-state index in [1.807, 2.05) is 6.92 Å². The summed E-state index contributed by atoms with van der Waals surface area (Å²) in [7, 11) is 0. The van der Waals surface area contributed by atoms with Crippen molar-refractivity contribution >= 4 is 17.0 Å². The zero-order valence-electron chi connectivity index (χ0n) is 12.0. The highest BCUT2D eigenvalue weighted by atomic mass is 16.4. The van der Waals surface area contributed by atoms with E-state index in [1.54, 1.807) is 18.2 Å². The minimum Gasteiger partial charge on any atom is -0.478 e. The van der Waals surface area contributed by atoms with Crippen molar-refractivity contribution in [2.24, 2.45) is 5.92 Å². The Kier molecular flexibility index (Phi) is 4.09. The summed E-state index contributed by atoms with van der Waals surface area (Å²) in [6.45, 7) is 6.25. The Bertz CT molecular complexity index is 631. The van der Waals surface area contributed by atoms with E-state index in [9.17, 15) is 9.90 Å². The molecule has 2 rings (SSSR count). The predicted molar refractivity (Wildman–Crippen MR) is 77.0 cm³/mol.